The highest BCUT2D eigenvalue weighted by atomic mass is 35.5. The first-order chi connectivity index (χ1) is 15.0. The lowest BCUT2D eigenvalue weighted by Gasteiger charge is -2.13. The Bertz CT molecular complexity index is 1420. The summed E-state index contributed by atoms with van der Waals surface area (Å²) in [5.41, 5.74) is 6.13. The number of carbonyl (C=O) groups excluding carboxylic acids is 1. The van der Waals surface area contributed by atoms with Crippen molar-refractivity contribution in [2.75, 3.05) is 5.32 Å². The third-order valence-electron chi connectivity index (χ3n) is 5.55. The van der Waals surface area contributed by atoms with Gasteiger partial charge in [0.15, 0.2) is 0 Å². The highest BCUT2D eigenvalue weighted by molar-refractivity contribution is 6.32. The predicted octanol–water partition coefficient (Wildman–Crippen LogP) is 4.22. The van der Waals surface area contributed by atoms with Crippen molar-refractivity contribution in [3.63, 3.8) is 0 Å². The number of aromatic amines is 2. The molecule has 4 aromatic rings. The Labute approximate surface area is 183 Å². The van der Waals surface area contributed by atoms with E-state index in [9.17, 15) is 9.59 Å². The Hall–Kier alpha value is -3.64. The molecular weight excluding hydrogens is 412 g/mol. The molecule has 0 saturated carbocycles. The van der Waals surface area contributed by atoms with Crippen LogP contribution in [0.3, 0.4) is 0 Å². The van der Waals surface area contributed by atoms with E-state index in [1.807, 2.05) is 49.4 Å². The highest BCUT2D eigenvalue weighted by Gasteiger charge is 2.27. The van der Waals surface area contributed by atoms with Gasteiger partial charge in [-0.2, -0.15) is 0 Å². The smallest absolute Gasteiger partial charge is 0.323 e. The lowest BCUT2D eigenvalue weighted by atomic mass is 9.99. The third kappa shape index (κ3) is 3.66. The predicted molar refractivity (Wildman–Crippen MR) is 123 cm³/mol. The fourth-order valence-corrected chi connectivity index (χ4v) is 4.09. The van der Waals surface area contributed by atoms with E-state index in [2.05, 4.69) is 15.3 Å². The number of H-pyrrole nitrogens is 2. The van der Waals surface area contributed by atoms with Crippen molar-refractivity contribution in [2.24, 2.45) is 4.99 Å². The maximum atomic E-state index is 13.1. The first kappa shape index (κ1) is 19.3. The van der Waals surface area contributed by atoms with Crippen molar-refractivity contribution < 1.29 is 4.79 Å². The number of benzene rings is 3. The van der Waals surface area contributed by atoms with E-state index in [-0.39, 0.29) is 11.6 Å². The Morgan fingerprint density at radius 1 is 0.968 bits per heavy atom. The number of nitrogens with one attached hydrogen (secondary N) is 3. The van der Waals surface area contributed by atoms with Crippen molar-refractivity contribution in [3.05, 3.63) is 98.4 Å². The van der Waals surface area contributed by atoms with E-state index in [1.165, 1.54) is 0 Å². The van der Waals surface area contributed by atoms with Crippen LogP contribution in [-0.2, 0) is 11.2 Å². The number of benzodiazepines with no additional fused rings is 1. The second-order valence-electron chi connectivity index (χ2n) is 7.64. The summed E-state index contributed by atoms with van der Waals surface area (Å²) in [4.78, 5) is 35.2. The van der Waals surface area contributed by atoms with Crippen molar-refractivity contribution in [1.82, 2.24) is 9.97 Å². The molecule has 0 aliphatic carbocycles. The zero-order chi connectivity index (χ0) is 21.5. The minimum absolute atomic E-state index is 0.169. The summed E-state index contributed by atoms with van der Waals surface area (Å²) < 4.78 is 0. The Morgan fingerprint density at radius 2 is 1.77 bits per heavy atom. The average Bonchev–Trinajstić information content (AvgIpc) is 3.06. The van der Waals surface area contributed by atoms with Gasteiger partial charge in [-0.05, 0) is 48.4 Å². The van der Waals surface area contributed by atoms with Gasteiger partial charge >= 0.3 is 5.69 Å². The second-order valence-corrected chi connectivity index (χ2v) is 8.08. The first-order valence-electron chi connectivity index (χ1n) is 9.93. The van der Waals surface area contributed by atoms with Crippen LogP contribution in [0.25, 0.3) is 11.0 Å². The number of aliphatic imine (C=N–C) groups is 1. The lowest BCUT2D eigenvalue weighted by Crippen LogP contribution is -2.27. The number of nitrogens with zero attached hydrogens (tertiary/aromatic N) is 1. The Balaban J connectivity index is 1.67. The quantitative estimate of drug-likeness (QED) is 0.454. The van der Waals surface area contributed by atoms with Crippen LogP contribution >= 0.6 is 11.6 Å². The number of fused-ring (bicyclic) bond motifs is 2. The van der Waals surface area contributed by atoms with Crippen molar-refractivity contribution >= 4 is 39.9 Å². The minimum Gasteiger partial charge on any atom is -0.324 e. The van der Waals surface area contributed by atoms with Gasteiger partial charge in [0.25, 0.3) is 0 Å². The number of imidazole rings is 1. The summed E-state index contributed by atoms with van der Waals surface area (Å²) in [5, 5.41) is 3.55. The largest absolute Gasteiger partial charge is 0.324 e. The third-order valence-corrected chi connectivity index (χ3v) is 5.78. The monoisotopic (exact) mass is 430 g/mol. The molecule has 1 aliphatic rings. The van der Waals surface area contributed by atoms with Gasteiger partial charge in [-0.1, -0.05) is 41.9 Å². The molecule has 0 radical (unpaired) electrons. The number of aromatic nitrogens is 2. The number of hydrogen-bond acceptors (Lipinski definition) is 3. The van der Waals surface area contributed by atoms with Crippen molar-refractivity contribution in [2.45, 2.75) is 19.4 Å². The van der Waals surface area contributed by atoms with Crippen LogP contribution < -0.4 is 11.0 Å². The van der Waals surface area contributed by atoms with E-state index < -0.39 is 6.04 Å². The molecule has 5 rings (SSSR count). The fraction of sp³-hybridized carbons (Fsp3) is 0.125. The molecule has 1 aliphatic heterocycles. The molecule has 3 aromatic carbocycles. The summed E-state index contributed by atoms with van der Waals surface area (Å²) in [6.45, 7) is 2.03. The zero-order valence-corrected chi connectivity index (χ0v) is 17.5. The van der Waals surface area contributed by atoms with Crippen LogP contribution in [0.1, 0.15) is 22.3 Å². The molecule has 0 saturated heterocycles. The maximum absolute atomic E-state index is 13.1. The summed E-state index contributed by atoms with van der Waals surface area (Å²) in [5.74, 6) is -0.169. The molecule has 1 unspecified atom stereocenters. The molecule has 0 fully saturated rings. The second kappa shape index (κ2) is 7.56. The van der Waals surface area contributed by atoms with E-state index in [1.54, 1.807) is 18.2 Å². The first-order valence-corrected chi connectivity index (χ1v) is 10.3. The number of carbonyl (C=O) groups is 1. The average molecular weight is 431 g/mol. The molecule has 1 atom stereocenters. The molecule has 0 spiro atoms. The molecule has 0 bridgehead atoms. The molecule has 2 heterocycles. The van der Waals surface area contributed by atoms with Gasteiger partial charge in [0.05, 0.1) is 22.4 Å². The number of aryl methyl sites for hydroxylation is 1. The summed E-state index contributed by atoms with van der Waals surface area (Å²) in [7, 11) is 0. The summed E-state index contributed by atoms with van der Waals surface area (Å²) in [6, 6.07) is 18.3. The van der Waals surface area contributed by atoms with Crippen molar-refractivity contribution in [3.8, 4) is 0 Å². The number of halogens is 1. The number of rotatable bonds is 3. The standard InChI is InChI=1S/C24H19ClN4O2/c1-13-4-2-3-5-14(13)10-21-23(30)27-18-9-7-16(25)12-17(18)22(26-21)15-6-8-19-20(11-15)29-24(31)28-19/h2-9,11-12,21H,10H2,1H3,(H,27,30)(H2,28,29,31). The van der Waals surface area contributed by atoms with E-state index >= 15 is 0 Å². The van der Waals surface area contributed by atoms with E-state index in [0.717, 1.165) is 22.3 Å². The summed E-state index contributed by atoms with van der Waals surface area (Å²) in [6.07, 6.45) is 0.479. The van der Waals surface area contributed by atoms with Crippen LogP contribution in [0, 0.1) is 6.92 Å². The minimum atomic E-state index is -0.608. The van der Waals surface area contributed by atoms with Gasteiger partial charge in [-0.25, -0.2) is 4.79 Å². The lowest BCUT2D eigenvalue weighted by molar-refractivity contribution is -0.117. The highest BCUT2D eigenvalue weighted by Crippen LogP contribution is 2.29. The van der Waals surface area contributed by atoms with Crippen LogP contribution in [0.4, 0.5) is 5.69 Å². The van der Waals surface area contributed by atoms with Gasteiger partial charge < -0.3 is 15.3 Å². The molecule has 3 N–H and O–H groups in total. The van der Waals surface area contributed by atoms with E-state index in [0.29, 0.717) is 33.9 Å². The van der Waals surface area contributed by atoms with Gasteiger partial charge in [-0.15, -0.1) is 0 Å². The van der Waals surface area contributed by atoms with Gasteiger partial charge in [0.2, 0.25) is 5.91 Å². The number of hydrogen-bond donors (Lipinski definition) is 3. The Morgan fingerprint density at radius 3 is 2.61 bits per heavy atom. The van der Waals surface area contributed by atoms with Gasteiger partial charge in [0, 0.05) is 22.6 Å². The molecule has 7 heteroatoms. The molecule has 1 amide bonds. The number of amides is 1. The molecular formula is C24H19ClN4O2. The topological polar surface area (TPSA) is 90.1 Å². The van der Waals surface area contributed by atoms with Crippen LogP contribution in [0.15, 0.2) is 70.5 Å². The molecule has 31 heavy (non-hydrogen) atoms. The molecule has 6 nitrogen and oxygen atoms in total. The van der Waals surface area contributed by atoms with Gasteiger partial charge in [0.1, 0.15) is 6.04 Å². The van der Waals surface area contributed by atoms with Crippen LogP contribution in [-0.4, -0.2) is 27.6 Å². The maximum Gasteiger partial charge on any atom is 0.323 e. The normalized spacial score (nSPS) is 15.9. The van der Waals surface area contributed by atoms with E-state index in [4.69, 9.17) is 16.6 Å². The molecule has 154 valence electrons. The SMILES string of the molecule is Cc1ccccc1CC1N=C(c2ccc3[nH]c(=O)[nH]c3c2)c2cc(Cl)ccc2NC1=O. The van der Waals surface area contributed by atoms with Crippen molar-refractivity contribution in [1.29, 1.82) is 0 Å². The van der Waals surface area contributed by atoms with Crippen LogP contribution in [0.2, 0.25) is 5.02 Å². The number of anilines is 1. The van der Waals surface area contributed by atoms with Gasteiger partial charge in [-0.3, -0.25) is 9.79 Å². The fourth-order valence-electron chi connectivity index (χ4n) is 3.92. The summed E-state index contributed by atoms with van der Waals surface area (Å²) >= 11 is 6.28. The zero-order valence-electron chi connectivity index (χ0n) is 16.7. The van der Waals surface area contributed by atoms with Crippen LogP contribution in [0.5, 0.6) is 0 Å². The molecule has 1 aromatic heterocycles. The Kier molecular flexibility index (Phi) is 4.71.